The third-order valence-electron chi connectivity index (χ3n) is 1.23. The molecule has 0 radical (unpaired) electrons. The molecule has 0 N–H and O–H groups in total. The summed E-state index contributed by atoms with van der Waals surface area (Å²) in [5.41, 5.74) is 0.302. The van der Waals surface area contributed by atoms with Gasteiger partial charge in [0.25, 0.3) is 5.24 Å². The molecule has 12 heavy (non-hydrogen) atoms. The van der Waals surface area contributed by atoms with E-state index in [2.05, 4.69) is 17.6 Å². The van der Waals surface area contributed by atoms with E-state index in [0.29, 0.717) is 0 Å². The Hall–Kier alpha value is -1.05. The van der Waals surface area contributed by atoms with E-state index in [1.165, 1.54) is 12.3 Å². The SMILES string of the molecule is N#Cc1ccnc(C(=O)Cl)c1S. The van der Waals surface area contributed by atoms with Gasteiger partial charge in [-0.1, -0.05) is 0 Å². The van der Waals surface area contributed by atoms with Crippen molar-refractivity contribution >= 4 is 29.5 Å². The molecular formula is C7H3ClN2OS. The molecule has 0 fully saturated rings. The maximum atomic E-state index is 10.7. The summed E-state index contributed by atoms with van der Waals surface area (Å²) in [5.74, 6) is 0. The van der Waals surface area contributed by atoms with Gasteiger partial charge in [0.1, 0.15) is 11.8 Å². The summed E-state index contributed by atoms with van der Waals surface area (Å²) in [4.78, 5) is 14.6. The number of halogens is 1. The van der Waals surface area contributed by atoms with E-state index in [9.17, 15) is 4.79 Å². The number of hydrogen-bond acceptors (Lipinski definition) is 4. The van der Waals surface area contributed by atoms with Crippen molar-refractivity contribution < 1.29 is 4.79 Å². The van der Waals surface area contributed by atoms with Crippen LogP contribution in [0.25, 0.3) is 0 Å². The number of rotatable bonds is 1. The van der Waals surface area contributed by atoms with Crippen LogP contribution in [0.2, 0.25) is 0 Å². The Balaban J connectivity index is 3.35. The second kappa shape index (κ2) is 3.57. The van der Waals surface area contributed by atoms with Gasteiger partial charge in [-0.05, 0) is 17.7 Å². The van der Waals surface area contributed by atoms with E-state index >= 15 is 0 Å². The van der Waals surface area contributed by atoms with Gasteiger partial charge in [-0.15, -0.1) is 12.6 Å². The number of aromatic nitrogens is 1. The molecule has 1 heterocycles. The first-order chi connectivity index (χ1) is 5.66. The summed E-state index contributed by atoms with van der Waals surface area (Å²) < 4.78 is 0. The molecule has 0 spiro atoms. The fourth-order valence-corrected chi connectivity index (χ4v) is 1.18. The molecule has 0 aliphatic carbocycles. The molecule has 0 aromatic carbocycles. The van der Waals surface area contributed by atoms with Crippen LogP contribution in [0.4, 0.5) is 0 Å². The van der Waals surface area contributed by atoms with Crippen LogP contribution in [-0.4, -0.2) is 10.2 Å². The fraction of sp³-hybridized carbons (Fsp3) is 0. The second-order valence-electron chi connectivity index (χ2n) is 1.94. The van der Waals surface area contributed by atoms with Crippen molar-refractivity contribution in [1.29, 1.82) is 5.26 Å². The molecule has 0 aliphatic rings. The van der Waals surface area contributed by atoms with Crippen molar-refractivity contribution in [2.75, 3.05) is 0 Å². The van der Waals surface area contributed by atoms with E-state index in [0.717, 1.165) is 0 Å². The first-order valence-electron chi connectivity index (χ1n) is 2.94. The number of nitriles is 1. The summed E-state index contributed by atoms with van der Waals surface area (Å²) in [6, 6.07) is 3.33. The maximum absolute atomic E-state index is 10.7. The third-order valence-corrected chi connectivity index (χ3v) is 1.86. The zero-order valence-corrected chi connectivity index (χ0v) is 7.43. The average Bonchev–Trinajstić information content (AvgIpc) is 2.04. The Labute approximate surface area is 79.4 Å². The van der Waals surface area contributed by atoms with Crippen molar-refractivity contribution in [3.05, 3.63) is 23.5 Å². The summed E-state index contributed by atoms with van der Waals surface area (Å²) >= 11 is 9.12. The molecule has 0 aliphatic heterocycles. The highest BCUT2D eigenvalue weighted by atomic mass is 35.5. The lowest BCUT2D eigenvalue weighted by Crippen LogP contribution is -1.97. The fourth-order valence-electron chi connectivity index (χ4n) is 0.688. The standard InChI is InChI=1S/C7H3ClN2OS/c8-7(11)5-6(12)4(3-9)1-2-10-5/h1-2,12H. The first kappa shape index (κ1) is 9.04. The predicted octanol–water partition coefficient (Wildman–Crippen LogP) is 1.62. The number of hydrogen-bond donors (Lipinski definition) is 1. The highest BCUT2D eigenvalue weighted by molar-refractivity contribution is 7.80. The lowest BCUT2D eigenvalue weighted by atomic mass is 10.2. The second-order valence-corrected chi connectivity index (χ2v) is 2.73. The summed E-state index contributed by atoms with van der Waals surface area (Å²) in [5, 5.41) is 7.83. The number of nitrogens with zero attached hydrogens (tertiary/aromatic N) is 2. The molecule has 3 nitrogen and oxygen atoms in total. The summed E-state index contributed by atoms with van der Waals surface area (Å²) in [6.45, 7) is 0. The highest BCUT2D eigenvalue weighted by Gasteiger charge is 2.10. The van der Waals surface area contributed by atoms with Gasteiger partial charge < -0.3 is 0 Å². The third kappa shape index (κ3) is 1.58. The van der Waals surface area contributed by atoms with Crippen LogP contribution >= 0.6 is 24.2 Å². The molecule has 0 bridgehead atoms. The van der Waals surface area contributed by atoms with Gasteiger partial charge in [-0.25, -0.2) is 0 Å². The van der Waals surface area contributed by atoms with Crippen LogP contribution in [0.3, 0.4) is 0 Å². The zero-order chi connectivity index (χ0) is 9.14. The normalized spacial score (nSPS) is 9.08. The smallest absolute Gasteiger partial charge is 0.272 e. The van der Waals surface area contributed by atoms with Crippen LogP contribution in [0.1, 0.15) is 16.1 Å². The van der Waals surface area contributed by atoms with Gasteiger partial charge in [0.05, 0.1) is 10.5 Å². The van der Waals surface area contributed by atoms with E-state index < -0.39 is 5.24 Å². The first-order valence-corrected chi connectivity index (χ1v) is 3.77. The molecule has 1 aromatic heterocycles. The average molecular weight is 199 g/mol. The van der Waals surface area contributed by atoms with Crippen molar-refractivity contribution in [3.63, 3.8) is 0 Å². The van der Waals surface area contributed by atoms with Gasteiger partial charge in [0.2, 0.25) is 0 Å². The van der Waals surface area contributed by atoms with Gasteiger partial charge in [-0.3, -0.25) is 9.78 Å². The summed E-state index contributed by atoms with van der Waals surface area (Å²) in [7, 11) is 0. The van der Waals surface area contributed by atoms with Crippen LogP contribution in [-0.2, 0) is 0 Å². The number of carbonyl (C=O) groups is 1. The molecule has 0 unspecified atom stereocenters. The Bertz CT molecular complexity index is 372. The number of pyridine rings is 1. The topological polar surface area (TPSA) is 53.8 Å². The van der Waals surface area contributed by atoms with E-state index in [1.807, 2.05) is 6.07 Å². The van der Waals surface area contributed by atoms with Gasteiger partial charge in [0.15, 0.2) is 0 Å². The monoisotopic (exact) mass is 198 g/mol. The molecule has 0 amide bonds. The molecule has 5 heteroatoms. The molecule has 0 saturated heterocycles. The van der Waals surface area contributed by atoms with Crippen molar-refractivity contribution in [2.45, 2.75) is 4.90 Å². The van der Waals surface area contributed by atoms with Crippen LogP contribution < -0.4 is 0 Å². The zero-order valence-electron chi connectivity index (χ0n) is 5.78. The van der Waals surface area contributed by atoms with Gasteiger partial charge >= 0.3 is 0 Å². The van der Waals surface area contributed by atoms with E-state index in [4.69, 9.17) is 16.9 Å². The quantitative estimate of drug-likeness (QED) is 0.551. The predicted molar refractivity (Wildman–Crippen MR) is 46.4 cm³/mol. The van der Waals surface area contributed by atoms with Gasteiger partial charge in [0, 0.05) is 6.20 Å². The van der Waals surface area contributed by atoms with Crippen LogP contribution in [0.15, 0.2) is 17.2 Å². The van der Waals surface area contributed by atoms with Crippen LogP contribution in [0, 0.1) is 11.3 Å². The molecule has 60 valence electrons. The largest absolute Gasteiger partial charge is 0.274 e. The lowest BCUT2D eigenvalue weighted by molar-refractivity contribution is 0.107. The molecule has 0 saturated carbocycles. The Morgan fingerprint density at radius 1 is 1.75 bits per heavy atom. The molecule has 1 rings (SSSR count). The number of thiol groups is 1. The Morgan fingerprint density at radius 2 is 2.42 bits per heavy atom. The lowest BCUT2D eigenvalue weighted by Gasteiger charge is -1.98. The molecular weight excluding hydrogens is 196 g/mol. The van der Waals surface area contributed by atoms with E-state index in [1.54, 1.807) is 0 Å². The van der Waals surface area contributed by atoms with Crippen LogP contribution in [0.5, 0.6) is 0 Å². The minimum atomic E-state index is -0.711. The number of carbonyl (C=O) groups excluding carboxylic acids is 1. The van der Waals surface area contributed by atoms with E-state index in [-0.39, 0.29) is 16.2 Å². The Kier molecular flexibility index (Phi) is 2.69. The van der Waals surface area contributed by atoms with Crippen molar-refractivity contribution in [3.8, 4) is 6.07 Å². The van der Waals surface area contributed by atoms with Crippen molar-refractivity contribution in [2.24, 2.45) is 0 Å². The summed E-state index contributed by atoms with van der Waals surface area (Å²) in [6.07, 6.45) is 1.34. The maximum Gasteiger partial charge on any atom is 0.272 e. The highest BCUT2D eigenvalue weighted by Crippen LogP contribution is 2.17. The minimum absolute atomic E-state index is 0.0130. The molecule has 0 atom stereocenters. The Morgan fingerprint density at radius 3 is 2.92 bits per heavy atom. The molecule has 1 aromatic rings. The minimum Gasteiger partial charge on any atom is -0.274 e. The van der Waals surface area contributed by atoms with Crippen molar-refractivity contribution in [1.82, 2.24) is 4.98 Å². The van der Waals surface area contributed by atoms with Gasteiger partial charge in [-0.2, -0.15) is 5.26 Å².